The van der Waals surface area contributed by atoms with Gasteiger partial charge in [0.05, 0.1) is 26.0 Å². The van der Waals surface area contributed by atoms with E-state index in [0.717, 1.165) is 19.6 Å². The number of hydrogen-bond acceptors (Lipinski definition) is 6. The van der Waals surface area contributed by atoms with Crippen LogP contribution >= 0.6 is 0 Å². The molecule has 1 N–H and O–H groups in total. The van der Waals surface area contributed by atoms with Gasteiger partial charge in [-0.1, -0.05) is 6.07 Å². The molecule has 2 aromatic rings. The lowest BCUT2D eigenvalue weighted by molar-refractivity contribution is -0.121. The number of amides is 2. The molecule has 0 bridgehead atoms. The van der Waals surface area contributed by atoms with Crippen molar-refractivity contribution in [1.29, 1.82) is 0 Å². The minimum atomic E-state index is -0.253. The summed E-state index contributed by atoms with van der Waals surface area (Å²) in [7, 11) is 1.56. The highest BCUT2D eigenvalue weighted by Crippen LogP contribution is 2.34. The zero-order valence-corrected chi connectivity index (χ0v) is 16.9. The van der Waals surface area contributed by atoms with E-state index in [1.807, 2.05) is 0 Å². The van der Waals surface area contributed by atoms with E-state index in [2.05, 4.69) is 10.2 Å². The molecule has 0 saturated carbocycles. The van der Waals surface area contributed by atoms with Crippen molar-refractivity contribution in [3.05, 3.63) is 48.0 Å². The van der Waals surface area contributed by atoms with E-state index in [1.54, 1.807) is 54.5 Å². The Hall–Kier alpha value is -3.10. The van der Waals surface area contributed by atoms with Gasteiger partial charge in [-0.15, -0.1) is 0 Å². The molecular formula is C22H25N3O5. The second kappa shape index (κ2) is 9.15. The Balaban J connectivity index is 1.49. The summed E-state index contributed by atoms with van der Waals surface area (Å²) in [4.78, 5) is 29.2. The lowest BCUT2D eigenvalue weighted by Crippen LogP contribution is -2.45. The number of fused-ring (bicyclic) bond motifs is 1. The van der Waals surface area contributed by atoms with Gasteiger partial charge in [-0.3, -0.25) is 14.5 Å². The summed E-state index contributed by atoms with van der Waals surface area (Å²) in [6.07, 6.45) is 0. The highest BCUT2D eigenvalue weighted by Gasteiger charge is 2.26. The quantitative estimate of drug-likeness (QED) is 0.783. The number of morpholine rings is 1. The van der Waals surface area contributed by atoms with Gasteiger partial charge in [0.15, 0.2) is 6.61 Å². The lowest BCUT2D eigenvalue weighted by Gasteiger charge is -2.33. The van der Waals surface area contributed by atoms with Gasteiger partial charge >= 0.3 is 0 Å². The number of benzene rings is 2. The van der Waals surface area contributed by atoms with Gasteiger partial charge in [-0.25, -0.2) is 0 Å². The molecule has 2 amide bonds. The van der Waals surface area contributed by atoms with E-state index in [-0.39, 0.29) is 18.4 Å². The Kier molecular flexibility index (Phi) is 6.15. The molecular weight excluding hydrogens is 386 g/mol. The van der Waals surface area contributed by atoms with Crippen molar-refractivity contribution >= 4 is 23.2 Å². The molecule has 2 aromatic carbocycles. The fourth-order valence-corrected chi connectivity index (χ4v) is 3.56. The van der Waals surface area contributed by atoms with Crippen molar-refractivity contribution in [2.24, 2.45) is 0 Å². The molecule has 158 valence electrons. The first kappa shape index (κ1) is 20.2. The molecule has 1 fully saturated rings. The molecule has 2 aliphatic heterocycles. The molecule has 0 radical (unpaired) electrons. The maximum atomic E-state index is 12.6. The van der Waals surface area contributed by atoms with E-state index < -0.39 is 0 Å². The third-order valence-electron chi connectivity index (χ3n) is 5.24. The maximum Gasteiger partial charge on any atom is 0.265 e. The molecule has 0 unspecified atom stereocenters. The molecule has 1 saturated heterocycles. The Bertz CT molecular complexity index is 927. The fourth-order valence-electron chi connectivity index (χ4n) is 3.56. The van der Waals surface area contributed by atoms with Crippen molar-refractivity contribution in [3.8, 4) is 11.5 Å². The predicted molar refractivity (Wildman–Crippen MR) is 112 cm³/mol. The smallest absolute Gasteiger partial charge is 0.265 e. The first-order valence-electron chi connectivity index (χ1n) is 9.97. The standard InChI is InChI=1S/C22H25N3O5/c1-28-18-4-2-3-16(13-18)22(27)23-17-5-6-20-19(14-17)25(21(26)15-30-20)8-7-24-9-11-29-12-10-24/h2-6,13-14H,7-12,15H2,1H3,(H,23,27). The van der Waals surface area contributed by atoms with Gasteiger partial charge in [0.25, 0.3) is 11.8 Å². The number of hydrogen-bond donors (Lipinski definition) is 1. The summed E-state index contributed by atoms with van der Waals surface area (Å²) < 4.78 is 16.1. The van der Waals surface area contributed by atoms with Crippen molar-refractivity contribution in [2.45, 2.75) is 0 Å². The van der Waals surface area contributed by atoms with Crippen LogP contribution in [0.15, 0.2) is 42.5 Å². The second-order valence-corrected chi connectivity index (χ2v) is 7.16. The maximum absolute atomic E-state index is 12.6. The van der Waals surface area contributed by atoms with E-state index in [1.165, 1.54) is 0 Å². The summed E-state index contributed by atoms with van der Waals surface area (Å²) in [5.74, 6) is 0.904. The minimum Gasteiger partial charge on any atom is -0.497 e. The van der Waals surface area contributed by atoms with Gasteiger partial charge in [0, 0.05) is 37.4 Å². The lowest BCUT2D eigenvalue weighted by atomic mass is 10.1. The van der Waals surface area contributed by atoms with Crippen LogP contribution in [0.25, 0.3) is 0 Å². The third-order valence-corrected chi connectivity index (χ3v) is 5.24. The number of methoxy groups -OCH3 is 1. The van der Waals surface area contributed by atoms with E-state index in [4.69, 9.17) is 14.2 Å². The van der Waals surface area contributed by atoms with Crippen LogP contribution < -0.4 is 19.7 Å². The van der Waals surface area contributed by atoms with Gasteiger partial charge in [-0.2, -0.15) is 0 Å². The van der Waals surface area contributed by atoms with Crippen LogP contribution in [0.4, 0.5) is 11.4 Å². The highest BCUT2D eigenvalue weighted by atomic mass is 16.5. The zero-order valence-electron chi connectivity index (χ0n) is 16.9. The molecule has 2 aliphatic rings. The summed E-state index contributed by atoms with van der Waals surface area (Å²) in [5.41, 5.74) is 1.75. The summed E-state index contributed by atoms with van der Waals surface area (Å²) in [6.45, 7) is 4.50. The predicted octanol–water partition coefficient (Wildman–Crippen LogP) is 2.01. The van der Waals surface area contributed by atoms with Crippen LogP contribution in [0.3, 0.4) is 0 Å². The minimum absolute atomic E-state index is 0.0195. The summed E-state index contributed by atoms with van der Waals surface area (Å²) in [5, 5.41) is 2.89. The van der Waals surface area contributed by atoms with Crippen molar-refractivity contribution in [1.82, 2.24) is 4.90 Å². The van der Waals surface area contributed by atoms with Gasteiger partial charge in [0.1, 0.15) is 11.5 Å². The van der Waals surface area contributed by atoms with Gasteiger partial charge < -0.3 is 24.4 Å². The second-order valence-electron chi connectivity index (χ2n) is 7.16. The van der Waals surface area contributed by atoms with E-state index >= 15 is 0 Å². The summed E-state index contributed by atoms with van der Waals surface area (Å²) in [6, 6.07) is 12.3. The molecule has 30 heavy (non-hydrogen) atoms. The van der Waals surface area contributed by atoms with Crippen molar-refractivity contribution in [2.75, 3.05) is 63.3 Å². The van der Waals surface area contributed by atoms with Gasteiger partial charge in [-0.05, 0) is 36.4 Å². The zero-order chi connectivity index (χ0) is 20.9. The molecule has 4 rings (SSSR count). The number of carbonyl (C=O) groups is 2. The Morgan fingerprint density at radius 3 is 2.77 bits per heavy atom. The Labute approximate surface area is 175 Å². The van der Waals surface area contributed by atoms with Crippen LogP contribution in [-0.2, 0) is 9.53 Å². The topological polar surface area (TPSA) is 80.3 Å². The first-order chi connectivity index (χ1) is 14.6. The monoisotopic (exact) mass is 411 g/mol. The molecule has 8 nitrogen and oxygen atoms in total. The SMILES string of the molecule is COc1cccc(C(=O)Nc2ccc3c(c2)N(CCN2CCOCC2)C(=O)CO3)c1. The largest absolute Gasteiger partial charge is 0.497 e. The van der Waals surface area contributed by atoms with Crippen LogP contribution in [-0.4, -0.2) is 69.8 Å². The van der Waals surface area contributed by atoms with Crippen molar-refractivity contribution < 1.29 is 23.8 Å². The molecule has 8 heteroatoms. The Morgan fingerprint density at radius 2 is 1.97 bits per heavy atom. The third kappa shape index (κ3) is 4.55. The first-order valence-corrected chi connectivity index (χ1v) is 9.97. The number of rotatable bonds is 6. The number of anilines is 2. The highest BCUT2D eigenvalue weighted by molar-refractivity contribution is 6.05. The van der Waals surface area contributed by atoms with E-state index in [9.17, 15) is 9.59 Å². The average molecular weight is 411 g/mol. The van der Waals surface area contributed by atoms with Crippen molar-refractivity contribution in [3.63, 3.8) is 0 Å². The molecule has 2 heterocycles. The normalized spacial score (nSPS) is 16.6. The van der Waals surface area contributed by atoms with Gasteiger partial charge in [0.2, 0.25) is 0 Å². The number of nitrogens with zero attached hydrogens (tertiary/aromatic N) is 2. The Morgan fingerprint density at radius 1 is 1.13 bits per heavy atom. The summed E-state index contributed by atoms with van der Waals surface area (Å²) >= 11 is 0. The fraction of sp³-hybridized carbons (Fsp3) is 0.364. The number of nitrogens with one attached hydrogen (secondary N) is 1. The van der Waals surface area contributed by atoms with Crippen LogP contribution in [0, 0.1) is 0 Å². The number of ether oxygens (including phenoxy) is 3. The molecule has 0 spiro atoms. The van der Waals surface area contributed by atoms with Crippen LogP contribution in [0.1, 0.15) is 10.4 Å². The molecule has 0 atom stereocenters. The van der Waals surface area contributed by atoms with Crippen LogP contribution in [0.5, 0.6) is 11.5 Å². The molecule has 0 aromatic heterocycles. The number of carbonyl (C=O) groups excluding carboxylic acids is 2. The average Bonchev–Trinajstić information content (AvgIpc) is 2.79. The van der Waals surface area contributed by atoms with E-state index in [0.29, 0.717) is 48.2 Å². The molecule has 0 aliphatic carbocycles. The van der Waals surface area contributed by atoms with Crippen LogP contribution in [0.2, 0.25) is 0 Å².